The van der Waals surface area contributed by atoms with E-state index in [4.69, 9.17) is 9.57 Å². The zero-order chi connectivity index (χ0) is 31.2. The Kier molecular flexibility index (Phi) is 9.26. The molecule has 4 fully saturated rings. The summed E-state index contributed by atoms with van der Waals surface area (Å²) in [4.78, 5) is 32.6. The number of aliphatic hydroxyl groups excluding tert-OH is 2. The average molecular weight is 659 g/mol. The van der Waals surface area contributed by atoms with Crippen LogP contribution in [0.1, 0.15) is 56.5 Å². The summed E-state index contributed by atoms with van der Waals surface area (Å²) < 4.78 is 6.65. The lowest BCUT2D eigenvalue weighted by Gasteiger charge is -2.62. The predicted molar refractivity (Wildman–Crippen MR) is 167 cm³/mol. The molecule has 1 aliphatic heterocycles. The summed E-state index contributed by atoms with van der Waals surface area (Å²) in [6.07, 6.45) is 0.530. The van der Waals surface area contributed by atoms with E-state index in [2.05, 4.69) is 47.3 Å². The Bertz CT molecular complexity index is 1370. The molecule has 43 heavy (non-hydrogen) atoms. The summed E-state index contributed by atoms with van der Waals surface area (Å²) in [6.45, 7) is 8.38. The molecule has 10 heteroatoms. The van der Waals surface area contributed by atoms with Crippen LogP contribution in [0.15, 0.2) is 40.9 Å². The number of methoxy groups -OCH3 is 1. The summed E-state index contributed by atoms with van der Waals surface area (Å²) in [5, 5.41) is 28.5. The summed E-state index contributed by atoms with van der Waals surface area (Å²) >= 11 is 3.52. The first-order chi connectivity index (χ1) is 20.4. The van der Waals surface area contributed by atoms with Crippen LogP contribution >= 0.6 is 15.9 Å². The van der Waals surface area contributed by atoms with E-state index in [9.17, 15) is 19.8 Å². The summed E-state index contributed by atoms with van der Waals surface area (Å²) in [7, 11) is 3.17. The van der Waals surface area contributed by atoms with Crippen LogP contribution in [0.2, 0.25) is 0 Å². The van der Waals surface area contributed by atoms with Gasteiger partial charge in [0.15, 0.2) is 0 Å². The second-order valence-corrected chi connectivity index (χ2v) is 14.0. The molecule has 1 saturated heterocycles. The van der Waals surface area contributed by atoms with Crippen molar-refractivity contribution in [3.8, 4) is 16.9 Å². The number of fused-ring (bicyclic) bond motifs is 2. The van der Waals surface area contributed by atoms with E-state index < -0.39 is 24.2 Å². The topological polar surface area (TPSA) is 120 Å². The molecule has 0 spiro atoms. The van der Waals surface area contributed by atoms with Gasteiger partial charge in [-0.15, -0.1) is 0 Å². The van der Waals surface area contributed by atoms with Crippen LogP contribution in [-0.4, -0.2) is 72.1 Å². The summed E-state index contributed by atoms with van der Waals surface area (Å²) in [5.74, 6) is 1.06. The quantitative estimate of drug-likeness (QED) is 0.320. The molecule has 2 amide bonds. The van der Waals surface area contributed by atoms with Crippen molar-refractivity contribution >= 4 is 27.7 Å². The van der Waals surface area contributed by atoms with Gasteiger partial charge in [0.25, 0.3) is 5.91 Å². The van der Waals surface area contributed by atoms with Crippen molar-refractivity contribution in [2.75, 3.05) is 20.8 Å². The lowest BCUT2D eigenvalue weighted by atomic mass is 9.45. The molecule has 0 radical (unpaired) electrons. The van der Waals surface area contributed by atoms with Gasteiger partial charge < -0.3 is 25.6 Å². The first-order valence-corrected chi connectivity index (χ1v) is 15.9. The van der Waals surface area contributed by atoms with Gasteiger partial charge in [-0.1, -0.05) is 54.9 Å². The molecular formula is C33H44BrN3O6. The Labute approximate surface area is 262 Å². The summed E-state index contributed by atoms with van der Waals surface area (Å²) in [5.41, 5.74) is 3.12. The van der Waals surface area contributed by atoms with Crippen molar-refractivity contribution in [3.05, 3.63) is 52.0 Å². The lowest BCUT2D eigenvalue weighted by Crippen LogP contribution is -2.62. The molecule has 3 aliphatic carbocycles. The highest BCUT2D eigenvalue weighted by Crippen LogP contribution is 2.61. The minimum atomic E-state index is -0.882. The van der Waals surface area contributed by atoms with E-state index in [1.165, 1.54) is 6.42 Å². The van der Waals surface area contributed by atoms with E-state index >= 15 is 0 Å². The van der Waals surface area contributed by atoms with Gasteiger partial charge in [-0.2, -0.15) is 5.06 Å². The first kappa shape index (κ1) is 31.9. The largest absolute Gasteiger partial charge is 0.496 e. The van der Waals surface area contributed by atoms with Crippen LogP contribution in [0, 0.1) is 29.1 Å². The maximum Gasteiger partial charge on any atom is 0.251 e. The van der Waals surface area contributed by atoms with Crippen LogP contribution in [0.4, 0.5) is 0 Å². The predicted octanol–water partition coefficient (Wildman–Crippen LogP) is 4.14. The molecule has 2 aromatic rings. The number of hydrogen-bond acceptors (Lipinski definition) is 7. The first-order valence-electron chi connectivity index (χ1n) is 15.1. The van der Waals surface area contributed by atoms with Crippen molar-refractivity contribution in [1.82, 2.24) is 15.7 Å². The molecule has 2 bridgehead atoms. The minimum absolute atomic E-state index is 0.0536. The van der Waals surface area contributed by atoms with Crippen molar-refractivity contribution in [2.45, 2.75) is 71.4 Å². The molecule has 4 N–H and O–H groups in total. The van der Waals surface area contributed by atoms with Crippen molar-refractivity contribution in [3.63, 3.8) is 0 Å². The number of halogens is 1. The van der Waals surface area contributed by atoms with Gasteiger partial charge in [0, 0.05) is 40.2 Å². The van der Waals surface area contributed by atoms with Crippen molar-refractivity contribution < 1.29 is 29.4 Å². The highest BCUT2D eigenvalue weighted by molar-refractivity contribution is 9.10. The average Bonchev–Trinajstić information content (AvgIpc) is 3.35. The molecule has 1 heterocycles. The summed E-state index contributed by atoms with van der Waals surface area (Å²) in [6, 6.07) is 10.4. The third kappa shape index (κ3) is 5.84. The van der Waals surface area contributed by atoms with E-state index in [0.717, 1.165) is 27.6 Å². The van der Waals surface area contributed by atoms with Gasteiger partial charge in [0.05, 0.1) is 26.4 Å². The number of nitrogens with one attached hydrogen (secondary N) is 2. The standard InChI is InChI=1S/C33H44BrN3O6/c1-17-25-13-22(33(25,3)4)14-26(17)36-32(41)29-28(18(2)39)27(16-38)43-37(29)15-19-8-7-9-24(30(19)42-6)20-10-21(31(40)35-5)12-23(34)11-20/h7-12,17-18,22,25-29,38-39H,13-16H2,1-6H3,(H,35,40)(H,36,41)/t17-,18-,22+,25+,26-,27-,28-,29-/m0/s1. The molecule has 2 aromatic carbocycles. The maximum absolute atomic E-state index is 14.0. The van der Waals surface area contributed by atoms with Crippen LogP contribution in [-0.2, 0) is 16.2 Å². The van der Waals surface area contributed by atoms with E-state index in [0.29, 0.717) is 34.5 Å². The molecule has 0 unspecified atom stereocenters. The number of ether oxygens (including phenoxy) is 1. The number of para-hydroxylation sites is 1. The fourth-order valence-electron chi connectivity index (χ4n) is 7.85. The number of nitrogens with zero attached hydrogens (tertiary/aromatic N) is 1. The minimum Gasteiger partial charge on any atom is -0.496 e. The number of rotatable bonds is 9. The molecule has 3 saturated carbocycles. The Balaban J connectivity index is 1.44. The molecular weight excluding hydrogens is 614 g/mol. The zero-order valence-corrected chi connectivity index (χ0v) is 27.3. The highest BCUT2D eigenvalue weighted by atomic mass is 79.9. The van der Waals surface area contributed by atoms with Crippen LogP contribution < -0.4 is 15.4 Å². The van der Waals surface area contributed by atoms with Crippen molar-refractivity contribution in [2.24, 2.45) is 29.1 Å². The number of carbonyl (C=O) groups excluding carboxylic acids is 2. The Morgan fingerprint density at radius 2 is 1.98 bits per heavy atom. The van der Waals surface area contributed by atoms with Crippen molar-refractivity contribution in [1.29, 1.82) is 0 Å². The number of aliphatic hydroxyl groups is 2. The Hall–Kier alpha value is -2.50. The van der Waals surface area contributed by atoms with Crippen LogP contribution in [0.5, 0.6) is 5.75 Å². The monoisotopic (exact) mass is 657 g/mol. The second-order valence-electron chi connectivity index (χ2n) is 13.0. The lowest BCUT2D eigenvalue weighted by molar-refractivity contribution is -0.183. The third-order valence-corrected chi connectivity index (χ3v) is 10.8. The fourth-order valence-corrected chi connectivity index (χ4v) is 8.34. The smallest absolute Gasteiger partial charge is 0.251 e. The molecule has 0 aromatic heterocycles. The molecule has 6 rings (SSSR count). The SMILES string of the molecule is CNC(=O)c1cc(Br)cc(-c2cccc(CN3O[C@@H](CO)[C@H]([C@H](C)O)[C@H]3C(=O)N[C@H]3C[C@H]4C[C@H]([C@@H]3C)C4(C)C)c2OC)c1. The van der Waals surface area contributed by atoms with E-state index in [1.807, 2.05) is 24.3 Å². The van der Waals surface area contributed by atoms with Gasteiger partial charge in [0.2, 0.25) is 5.91 Å². The van der Waals surface area contributed by atoms with Gasteiger partial charge in [-0.05, 0) is 66.7 Å². The second kappa shape index (κ2) is 12.5. The third-order valence-electron chi connectivity index (χ3n) is 10.4. The number of carbonyl (C=O) groups is 2. The Morgan fingerprint density at radius 3 is 2.58 bits per heavy atom. The number of amides is 2. The number of hydrogen-bond donors (Lipinski definition) is 4. The van der Waals surface area contributed by atoms with Crippen LogP contribution in [0.3, 0.4) is 0 Å². The maximum atomic E-state index is 14.0. The number of hydroxylamine groups is 2. The molecule has 8 atom stereocenters. The number of benzene rings is 2. The van der Waals surface area contributed by atoms with E-state index in [-0.39, 0.29) is 31.0 Å². The van der Waals surface area contributed by atoms with E-state index in [1.54, 1.807) is 38.3 Å². The zero-order valence-electron chi connectivity index (χ0n) is 25.8. The molecule has 234 valence electrons. The van der Waals surface area contributed by atoms with Crippen LogP contribution in [0.25, 0.3) is 11.1 Å². The molecule has 4 aliphatic rings. The van der Waals surface area contributed by atoms with Gasteiger partial charge in [0.1, 0.15) is 17.9 Å². The highest BCUT2D eigenvalue weighted by Gasteiger charge is 2.57. The molecule has 9 nitrogen and oxygen atoms in total. The van der Waals surface area contributed by atoms with Gasteiger partial charge >= 0.3 is 0 Å². The Morgan fingerprint density at radius 1 is 1.23 bits per heavy atom. The van der Waals surface area contributed by atoms with Gasteiger partial charge in [-0.3, -0.25) is 14.4 Å². The fraction of sp³-hybridized carbons (Fsp3) is 0.576. The van der Waals surface area contributed by atoms with Gasteiger partial charge in [-0.25, -0.2) is 0 Å². The normalized spacial score (nSPS) is 30.3.